The lowest BCUT2D eigenvalue weighted by Gasteiger charge is -1.93. The number of carbonyl (C=O) groups is 1. The summed E-state index contributed by atoms with van der Waals surface area (Å²) < 4.78 is 5.45. The molecule has 160 valence electrons. The van der Waals surface area contributed by atoms with Crippen LogP contribution >= 0.6 is 0 Å². The first kappa shape index (κ1) is 23.5. The van der Waals surface area contributed by atoms with Gasteiger partial charge in [-0.1, -0.05) is 68.4 Å². The molecule has 0 saturated carbocycles. The zero-order valence-electron chi connectivity index (χ0n) is 18.1. The van der Waals surface area contributed by atoms with E-state index in [0.29, 0.717) is 17.7 Å². The third-order valence-electron chi connectivity index (χ3n) is 4.64. The number of allylic oxidation sites excluding steroid dienone is 8. The van der Waals surface area contributed by atoms with Crippen LogP contribution in [0, 0.1) is 0 Å². The number of rotatable bonds is 15. The molecule has 0 fully saturated rings. The van der Waals surface area contributed by atoms with Crippen molar-refractivity contribution in [3.8, 4) is 0 Å². The molecule has 0 saturated heterocycles. The molecule has 4 heteroatoms. The minimum atomic E-state index is -0.0658. The van der Waals surface area contributed by atoms with Crippen molar-refractivity contribution in [2.24, 2.45) is 0 Å². The fourth-order valence-corrected chi connectivity index (χ4v) is 2.94. The van der Waals surface area contributed by atoms with E-state index in [1.54, 1.807) is 18.3 Å². The fourth-order valence-electron chi connectivity index (χ4n) is 2.94. The van der Waals surface area contributed by atoms with E-state index in [1.165, 1.54) is 25.7 Å². The molecule has 2 heterocycles. The topological polar surface area (TPSA) is 56.0 Å². The predicted molar refractivity (Wildman–Crippen MR) is 125 cm³/mol. The van der Waals surface area contributed by atoms with Crippen LogP contribution in [0.1, 0.15) is 81.8 Å². The molecular formula is C26H34N2O2. The molecule has 4 nitrogen and oxygen atoms in total. The number of carbonyl (C=O) groups excluding carboxylic acids is 1. The molecule has 0 bridgehead atoms. The molecule has 0 aliphatic rings. The van der Waals surface area contributed by atoms with Crippen molar-refractivity contribution < 1.29 is 9.21 Å². The Bertz CT molecular complexity index is 826. The zero-order chi connectivity index (χ0) is 21.3. The van der Waals surface area contributed by atoms with Crippen LogP contribution in [0.15, 0.2) is 71.4 Å². The summed E-state index contributed by atoms with van der Waals surface area (Å²) in [5.41, 5.74) is 1.04. The summed E-state index contributed by atoms with van der Waals surface area (Å²) in [4.78, 5) is 20.4. The Kier molecular flexibility index (Phi) is 11.9. The second-order valence-corrected chi connectivity index (χ2v) is 7.25. The molecule has 0 aliphatic heterocycles. The van der Waals surface area contributed by atoms with Gasteiger partial charge in [-0.3, -0.25) is 4.79 Å². The number of hydrogen-bond donors (Lipinski definition) is 0. The van der Waals surface area contributed by atoms with Crippen molar-refractivity contribution in [3.63, 3.8) is 0 Å². The number of unbranched alkanes of at least 4 members (excludes halogenated alkanes) is 4. The number of hydrogen-bond acceptors (Lipinski definition) is 4. The lowest BCUT2D eigenvalue weighted by molar-refractivity contribution is 0.0949. The van der Waals surface area contributed by atoms with Crippen LogP contribution in [0.5, 0.6) is 0 Å². The summed E-state index contributed by atoms with van der Waals surface area (Å²) >= 11 is 0. The maximum Gasteiger partial charge on any atom is 0.265 e. The molecule has 0 N–H and O–H groups in total. The van der Waals surface area contributed by atoms with Crippen LogP contribution in [0.3, 0.4) is 0 Å². The molecular weight excluding hydrogens is 372 g/mol. The molecule has 0 amide bonds. The van der Waals surface area contributed by atoms with Gasteiger partial charge in [-0.25, -0.2) is 4.98 Å². The van der Waals surface area contributed by atoms with Gasteiger partial charge in [0, 0.05) is 12.6 Å². The predicted octanol–water partition coefficient (Wildman–Crippen LogP) is 7.55. The van der Waals surface area contributed by atoms with E-state index >= 15 is 0 Å². The number of pyridine rings is 1. The van der Waals surface area contributed by atoms with Crippen LogP contribution in [-0.4, -0.2) is 15.8 Å². The maximum atomic E-state index is 12.1. The first-order valence-corrected chi connectivity index (χ1v) is 11.2. The Morgan fingerprint density at radius 3 is 2.17 bits per heavy atom. The van der Waals surface area contributed by atoms with Gasteiger partial charge < -0.3 is 4.42 Å². The number of ketones is 1. The Morgan fingerprint density at radius 1 is 0.900 bits per heavy atom. The second kappa shape index (κ2) is 15.1. The van der Waals surface area contributed by atoms with Crippen molar-refractivity contribution >= 4 is 17.0 Å². The smallest absolute Gasteiger partial charge is 0.265 e. The molecule has 2 aromatic heterocycles. The van der Waals surface area contributed by atoms with Gasteiger partial charge in [-0.05, 0) is 57.1 Å². The summed E-state index contributed by atoms with van der Waals surface area (Å²) in [6.45, 7) is 2.24. The van der Waals surface area contributed by atoms with Gasteiger partial charge in [0.1, 0.15) is 0 Å². The Hall–Kier alpha value is -2.75. The highest BCUT2D eigenvalue weighted by molar-refractivity contribution is 5.93. The summed E-state index contributed by atoms with van der Waals surface area (Å²) in [6, 6.07) is 3.54. The van der Waals surface area contributed by atoms with Crippen LogP contribution in [0.25, 0.3) is 11.2 Å². The standard InChI is InChI=1S/C26H34N2O2/c1-2-3-4-5-6-7-8-9-10-11-12-13-14-15-16-17-18-20-23(29)26-28-25-24(30-26)21-19-22-27-25/h6-7,9-10,12-13,15-16,19,21-22H,2-5,8,11,14,17-18,20H2,1H3. The van der Waals surface area contributed by atoms with Gasteiger partial charge in [0.15, 0.2) is 11.2 Å². The van der Waals surface area contributed by atoms with Crippen molar-refractivity contribution in [3.05, 3.63) is 72.8 Å². The van der Waals surface area contributed by atoms with Crippen LogP contribution in [0.2, 0.25) is 0 Å². The van der Waals surface area contributed by atoms with Gasteiger partial charge in [0.25, 0.3) is 5.89 Å². The average Bonchev–Trinajstić information content (AvgIpc) is 3.20. The lowest BCUT2D eigenvalue weighted by atomic mass is 10.1. The monoisotopic (exact) mass is 406 g/mol. The molecule has 0 unspecified atom stereocenters. The third-order valence-corrected chi connectivity index (χ3v) is 4.64. The summed E-state index contributed by atoms with van der Waals surface area (Å²) in [5.74, 6) is 0.0968. The van der Waals surface area contributed by atoms with Crippen molar-refractivity contribution in [2.75, 3.05) is 0 Å². The number of Topliss-reactive ketones (excluding diaryl/α,β-unsaturated/α-hetero) is 1. The second-order valence-electron chi connectivity index (χ2n) is 7.25. The average molecular weight is 407 g/mol. The van der Waals surface area contributed by atoms with Crippen molar-refractivity contribution in [2.45, 2.75) is 71.1 Å². The van der Waals surface area contributed by atoms with E-state index in [1.807, 2.05) is 0 Å². The van der Waals surface area contributed by atoms with E-state index in [0.717, 1.165) is 32.1 Å². The lowest BCUT2D eigenvalue weighted by Crippen LogP contribution is -1.98. The van der Waals surface area contributed by atoms with E-state index in [4.69, 9.17) is 4.42 Å². The number of nitrogens with zero attached hydrogens (tertiary/aromatic N) is 2. The Balaban J connectivity index is 1.49. The van der Waals surface area contributed by atoms with Crippen LogP contribution in [0.4, 0.5) is 0 Å². The molecule has 2 aromatic rings. The van der Waals surface area contributed by atoms with E-state index in [2.05, 4.69) is 65.5 Å². The van der Waals surface area contributed by atoms with E-state index < -0.39 is 0 Å². The largest absolute Gasteiger partial charge is 0.432 e. The Labute approximate surface area is 180 Å². The minimum absolute atomic E-state index is 0.0658. The highest BCUT2D eigenvalue weighted by Crippen LogP contribution is 2.14. The highest BCUT2D eigenvalue weighted by atomic mass is 16.4. The van der Waals surface area contributed by atoms with Gasteiger partial charge in [0.2, 0.25) is 5.78 Å². The molecule has 0 aromatic carbocycles. The molecule has 0 aliphatic carbocycles. The molecule has 0 atom stereocenters. The van der Waals surface area contributed by atoms with Crippen LogP contribution in [-0.2, 0) is 0 Å². The van der Waals surface area contributed by atoms with Crippen molar-refractivity contribution in [1.29, 1.82) is 0 Å². The van der Waals surface area contributed by atoms with Gasteiger partial charge in [-0.2, -0.15) is 4.98 Å². The van der Waals surface area contributed by atoms with Crippen LogP contribution < -0.4 is 0 Å². The summed E-state index contributed by atoms with van der Waals surface area (Å²) in [5, 5.41) is 0. The first-order chi connectivity index (χ1) is 14.8. The normalized spacial score (nSPS) is 12.4. The molecule has 0 radical (unpaired) electrons. The molecule has 30 heavy (non-hydrogen) atoms. The quantitative estimate of drug-likeness (QED) is 0.174. The molecule has 0 spiro atoms. The van der Waals surface area contributed by atoms with Gasteiger partial charge in [-0.15, -0.1) is 0 Å². The number of oxazole rings is 1. The van der Waals surface area contributed by atoms with Gasteiger partial charge >= 0.3 is 0 Å². The number of aromatic nitrogens is 2. The fraction of sp³-hybridized carbons (Fsp3) is 0.423. The first-order valence-electron chi connectivity index (χ1n) is 11.2. The summed E-state index contributed by atoms with van der Waals surface area (Å²) in [7, 11) is 0. The third kappa shape index (κ3) is 9.64. The zero-order valence-corrected chi connectivity index (χ0v) is 18.1. The Morgan fingerprint density at radius 2 is 1.53 bits per heavy atom. The van der Waals surface area contributed by atoms with E-state index in [-0.39, 0.29) is 11.7 Å². The maximum absolute atomic E-state index is 12.1. The molecule has 2 rings (SSSR count). The highest BCUT2D eigenvalue weighted by Gasteiger charge is 2.13. The number of fused-ring (bicyclic) bond motifs is 1. The van der Waals surface area contributed by atoms with Gasteiger partial charge in [0.05, 0.1) is 0 Å². The van der Waals surface area contributed by atoms with Crippen molar-refractivity contribution in [1.82, 2.24) is 9.97 Å². The summed E-state index contributed by atoms with van der Waals surface area (Å²) in [6.07, 6.45) is 29.4. The SMILES string of the molecule is CCCCCC=CCC=CCC=CCC=CCCCC(=O)c1nc2ncccc2o1. The van der Waals surface area contributed by atoms with E-state index in [9.17, 15) is 4.79 Å². The minimum Gasteiger partial charge on any atom is -0.432 e.